The second-order valence-electron chi connectivity index (χ2n) is 5.30. The number of unbranched alkanes of at least 4 members (excludes halogenated alkanes) is 1. The third-order valence-corrected chi connectivity index (χ3v) is 3.69. The molecule has 3 rings (SSSR count). The third-order valence-electron chi connectivity index (χ3n) is 3.69. The van der Waals surface area contributed by atoms with Gasteiger partial charge in [-0.05, 0) is 25.0 Å². The second kappa shape index (κ2) is 7.05. The molecule has 112 valence electrons. The maximum atomic E-state index is 8.89. The number of nitrogens with zero attached hydrogens (tertiary/aromatic N) is 1. The molecule has 2 N–H and O–H groups in total. The number of aromatic nitrogens is 1. The molecule has 3 nitrogen and oxygen atoms in total. The van der Waals surface area contributed by atoms with Gasteiger partial charge in [0.15, 0.2) is 0 Å². The van der Waals surface area contributed by atoms with Gasteiger partial charge in [0.1, 0.15) is 0 Å². The number of anilines is 1. The monoisotopic (exact) mass is 292 g/mol. The minimum atomic E-state index is 0.244. The van der Waals surface area contributed by atoms with E-state index in [1.54, 1.807) is 0 Å². The number of benzene rings is 2. The number of rotatable bonds is 6. The molecular weight excluding hydrogens is 272 g/mol. The molecule has 0 unspecified atom stereocenters. The summed E-state index contributed by atoms with van der Waals surface area (Å²) in [6.07, 6.45) is 1.77. The van der Waals surface area contributed by atoms with Gasteiger partial charge in [-0.2, -0.15) is 0 Å². The first kappa shape index (κ1) is 14.5. The summed E-state index contributed by atoms with van der Waals surface area (Å²) in [7, 11) is 0. The number of aliphatic hydroxyl groups is 1. The van der Waals surface area contributed by atoms with Crippen molar-refractivity contribution in [3.63, 3.8) is 0 Å². The lowest BCUT2D eigenvalue weighted by Gasteiger charge is -2.12. The molecule has 0 fully saturated rings. The number of pyridine rings is 1. The highest BCUT2D eigenvalue weighted by Crippen LogP contribution is 2.28. The van der Waals surface area contributed by atoms with Crippen molar-refractivity contribution in [2.75, 3.05) is 18.5 Å². The fraction of sp³-hybridized carbons (Fsp3) is 0.211. The lowest BCUT2D eigenvalue weighted by atomic mass is 10.1. The Balaban J connectivity index is 1.97. The van der Waals surface area contributed by atoms with Crippen molar-refractivity contribution in [1.29, 1.82) is 0 Å². The zero-order valence-electron chi connectivity index (χ0n) is 12.5. The number of nitrogens with one attached hydrogen (secondary N) is 1. The van der Waals surface area contributed by atoms with Crippen LogP contribution in [0.2, 0.25) is 0 Å². The molecule has 3 heteroatoms. The van der Waals surface area contributed by atoms with Crippen LogP contribution >= 0.6 is 0 Å². The van der Waals surface area contributed by atoms with E-state index in [9.17, 15) is 0 Å². The zero-order valence-corrected chi connectivity index (χ0v) is 12.5. The van der Waals surface area contributed by atoms with Gasteiger partial charge in [-0.25, -0.2) is 4.98 Å². The molecule has 22 heavy (non-hydrogen) atoms. The van der Waals surface area contributed by atoms with E-state index in [-0.39, 0.29) is 6.61 Å². The van der Waals surface area contributed by atoms with Crippen LogP contribution in [-0.2, 0) is 0 Å². The molecule has 0 saturated carbocycles. The van der Waals surface area contributed by atoms with Crippen LogP contribution in [0.25, 0.3) is 22.2 Å². The highest BCUT2D eigenvalue weighted by Gasteiger charge is 2.06. The molecule has 1 aromatic heterocycles. The van der Waals surface area contributed by atoms with Gasteiger partial charge >= 0.3 is 0 Å². The number of hydrogen-bond acceptors (Lipinski definition) is 3. The summed E-state index contributed by atoms with van der Waals surface area (Å²) in [5, 5.41) is 13.5. The quantitative estimate of drug-likeness (QED) is 0.673. The SMILES string of the molecule is OCCCCNc1cc(-c2ccccc2)nc2ccccc12. The number of fused-ring (bicyclic) bond motifs is 1. The first-order valence-electron chi connectivity index (χ1n) is 7.68. The van der Waals surface area contributed by atoms with E-state index >= 15 is 0 Å². The van der Waals surface area contributed by atoms with Gasteiger partial charge in [-0.1, -0.05) is 48.5 Å². The Hall–Kier alpha value is -2.39. The van der Waals surface area contributed by atoms with Crippen LogP contribution in [0.15, 0.2) is 60.7 Å². The van der Waals surface area contributed by atoms with Crippen LogP contribution in [-0.4, -0.2) is 23.2 Å². The minimum Gasteiger partial charge on any atom is -0.396 e. The molecule has 0 saturated heterocycles. The van der Waals surface area contributed by atoms with Crippen LogP contribution in [0, 0.1) is 0 Å². The van der Waals surface area contributed by atoms with E-state index in [0.717, 1.165) is 47.2 Å². The molecule has 0 aliphatic heterocycles. The number of hydrogen-bond donors (Lipinski definition) is 2. The van der Waals surface area contributed by atoms with Gasteiger partial charge in [-0.15, -0.1) is 0 Å². The summed E-state index contributed by atoms with van der Waals surface area (Å²) in [6, 6.07) is 20.5. The van der Waals surface area contributed by atoms with E-state index in [4.69, 9.17) is 10.1 Å². The van der Waals surface area contributed by atoms with Crippen LogP contribution in [0.3, 0.4) is 0 Å². The summed E-state index contributed by atoms with van der Waals surface area (Å²) in [6.45, 7) is 1.09. The van der Waals surface area contributed by atoms with Crippen molar-refractivity contribution in [3.8, 4) is 11.3 Å². The van der Waals surface area contributed by atoms with E-state index in [1.807, 2.05) is 36.4 Å². The maximum Gasteiger partial charge on any atom is 0.0730 e. The number of para-hydroxylation sites is 1. The fourth-order valence-electron chi connectivity index (χ4n) is 2.54. The van der Waals surface area contributed by atoms with Crippen LogP contribution < -0.4 is 5.32 Å². The van der Waals surface area contributed by atoms with E-state index in [0.29, 0.717) is 0 Å². The smallest absolute Gasteiger partial charge is 0.0730 e. The minimum absolute atomic E-state index is 0.244. The first-order valence-corrected chi connectivity index (χ1v) is 7.68. The van der Waals surface area contributed by atoms with Crippen molar-refractivity contribution in [3.05, 3.63) is 60.7 Å². The standard InChI is InChI=1S/C19H20N2O/c22-13-7-6-12-20-19-14-18(15-8-2-1-3-9-15)21-17-11-5-4-10-16(17)19/h1-5,8-11,14,22H,6-7,12-13H2,(H,20,21). The average molecular weight is 292 g/mol. The fourth-order valence-corrected chi connectivity index (χ4v) is 2.54. The Kier molecular flexibility index (Phi) is 4.66. The van der Waals surface area contributed by atoms with Crippen LogP contribution in [0.4, 0.5) is 5.69 Å². The summed E-state index contributed by atoms with van der Waals surface area (Å²) in [5.41, 5.74) is 4.19. The zero-order chi connectivity index (χ0) is 15.2. The average Bonchev–Trinajstić information content (AvgIpc) is 2.59. The lowest BCUT2D eigenvalue weighted by molar-refractivity contribution is 0.286. The highest BCUT2D eigenvalue weighted by molar-refractivity contribution is 5.93. The molecule has 1 heterocycles. The van der Waals surface area contributed by atoms with Crippen LogP contribution in [0.1, 0.15) is 12.8 Å². The van der Waals surface area contributed by atoms with E-state index in [2.05, 4.69) is 29.6 Å². The van der Waals surface area contributed by atoms with Gasteiger partial charge in [0.05, 0.1) is 11.2 Å². The van der Waals surface area contributed by atoms with E-state index in [1.165, 1.54) is 0 Å². The largest absolute Gasteiger partial charge is 0.396 e. The Morgan fingerprint density at radius 1 is 0.909 bits per heavy atom. The molecule has 0 spiro atoms. The van der Waals surface area contributed by atoms with Gasteiger partial charge in [0, 0.05) is 29.8 Å². The van der Waals surface area contributed by atoms with E-state index < -0.39 is 0 Å². The maximum absolute atomic E-state index is 8.89. The Morgan fingerprint density at radius 2 is 1.68 bits per heavy atom. The number of aliphatic hydroxyl groups excluding tert-OH is 1. The summed E-state index contributed by atoms with van der Waals surface area (Å²) in [5.74, 6) is 0. The molecule has 0 atom stereocenters. The van der Waals surface area contributed by atoms with Crippen molar-refractivity contribution < 1.29 is 5.11 Å². The summed E-state index contributed by atoms with van der Waals surface area (Å²) >= 11 is 0. The predicted molar refractivity (Wildman–Crippen MR) is 92.0 cm³/mol. The van der Waals surface area contributed by atoms with Crippen molar-refractivity contribution in [2.45, 2.75) is 12.8 Å². The molecule has 3 aromatic rings. The molecule has 0 aliphatic rings. The van der Waals surface area contributed by atoms with Gasteiger partial charge in [0.2, 0.25) is 0 Å². The van der Waals surface area contributed by atoms with Crippen molar-refractivity contribution >= 4 is 16.6 Å². The molecule has 0 aliphatic carbocycles. The van der Waals surface area contributed by atoms with Gasteiger partial charge in [0.25, 0.3) is 0 Å². The van der Waals surface area contributed by atoms with Crippen LogP contribution in [0.5, 0.6) is 0 Å². The third kappa shape index (κ3) is 3.26. The van der Waals surface area contributed by atoms with Crippen molar-refractivity contribution in [2.24, 2.45) is 0 Å². The Morgan fingerprint density at radius 3 is 2.50 bits per heavy atom. The molecule has 2 aromatic carbocycles. The Labute approximate surface area is 130 Å². The van der Waals surface area contributed by atoms with Gasteiger partial charge < -0.3 is 10.4 Å². The van der Waals surface area contributed by atoms with Gasteiger partial charge in [-0.3, -0.25) is 0 Å². The highest BCUT2D eigenvalue weighted by atomic mass is 16.2. The molecule has 0 bridgehead atoms. The summed E-state index contributed by atoms with van der Waals surface area (Å²) in [4.78, 5) is 4.77. The first-order chi connectivity index (χ1) is 10.9. The lowest BCUT2D eigenvalue weighted by Crippen LogP contribution is -2.03. The normalized spacial score (nSPS) is 10.8. The Bertz CT molecular complexity index is 741. The second-order valence-corrected chi connectivity index (χ2v) is 5.30. The molecular formula is C19H20N2O. The molecule has 0 radical (unpaired) electrons. The topological polar surface area (TPSA) is 45.1 Å². The molecule has 0 amide bonds. The summed E-state index contributed by atoms with van der Waals surface area (Å²) < 4.78 is 0. The predicted octanol–water partition coefficient (Wildman–Crippen LogP) is 4.09. The van der Waals surface area contributed by atoms with Crippen molar-refractivity contribution in [1.82, 2.24) is 4.98 Å².